The normalized spacial score (nSPS) is 16.5. The van der Waals surface area contributed by atoms with E-state index in [2.05, 4.69) is 33.2 Å². The van der Waals surface area contributed by atoms with Gasteiger partial charge in [-0.15, -0.1) is 0 Å². The lowest BCUT2D eigenvalue weighted by molar-refractivity contribution is -0.132. The Hall–Kier alpha value is -2.41. The molecular formula is C21H24BrN3O3. The Balaban J connectivity index is 1.55. The molecule has 2 amide bonds. The molecule has 1 aliphatic heterocycles. The molecule has 28 heavy (non-hydrogen) atoms. The highest BCUT2D eigenvalue weighted by atomic mass is 79.9. The van der Waals surface area contributed by atoms with Gasteiger partial charge >= 0.3 is 0 Å². The number of carbonyl (C=O) groups excluding carboxylic acids is 2. The van der Waals surface area contributed by atoms with Gasteiger partial charge in [0.25, 0.3) is 5.91 Å². The molecule has 0 bridgehead atoms. The van der Waals surface area contributed by atoms with Gasteiger partial charge in [0.05, 0.1) is 0 Å². The molecule has 7 heteroatoms. The van der Waals surface area contributed by atoms with Crippen molar-refractivity contribution in [3.8, 4) is 11.6 Å². The predicted octanol–water partition coefficient (Wildman–Crippen LogP) is 4.01. The maximum atomic E-state index is 12.6. The van der Waals surface area contributed by atoms with Crippen molar-refractivity contribution in [2.75, 3.05) is 19.6 Å². The van der Waals surface area contributed by atoms with Crippen LogP contribution in [-0.4, -0.2) is 41.3 Å². The number of hydrogen-bond donors (Lipinski definition) is 1. The fourth-order valence-electron chi connectivity index (χ4n) is 3.21. The summed E-state index contributed by atoms with van der Waals surface area (Å²) in [5.74, 6) is 1.15. The Morgan fingerprint density at radius 2 is 2.07 bits per heavy atom. The van der Waals surface area contributed by atoms with Crippen molar-refractivity contribution in [1.29, 1.82) is 0 Å². The summed E-state index contributed by atoms with van der Waals surface area (Å²) in [7, 11) is 0. The lowest BCUT2D eigenvalue weighted by Crippen LogP contribution is -2.40. The van der Waals surface area contributed by atoms with E-state index in [0.717, 1.165) is 24.0 Å². The number of halogens is 1. The molecule has 1 aliphatic rings. The summed E-state index contributed by atoms with van der Waals surface area (Å²) in [4.78, 5) is 31.0. The number of hydrogen-bond acceptors (Lipinski definition) is 4. The van der Waals surface area contributed by atoms with Gasteiger partial charge in [-0.1, -0.05) is 22.9 Å². The van der Waals surface area contributed by atoms with Crippen LogP contribution in [0.4, 0.5) is 0 Å². The van der Waals surface area contributed by atoms with Gasteiger partial charge in [0.2, 0.25) is 11.8 Å². The number of benzene rings is 1. The highest BCUT2D eigenvalue weighted by Gasteiger charge is 2.21. The quantitative estimate of drug-likeness (QED) is 0.728. The van der Waals surface area contributed by atoms with E-state index in [4.69, 9.17) is 4.74 Å². The second-order valence-electron chi connectivity index (χ2n) is 7.01. The number of pyridine rings is 1. The SMILES string of the molecule is CC1CCCN(C(=O)CCNC(=O)c2cccnc2Oc2ccc(Br)cc2)C1. The first-order chi connectivity index (χ1) is 13.5. The fraction of sp³-hybridized carbons (Fsp3) is 0.381. The summed E-state index contributed by atoms with van der Waals surface area (Å²) < 4.78 is 6.69. The highest BCUT2D eigenvalue weighted by molar-refractivity contribution is 9.10. The standard InChI is InChI=1S/C21H24BrN3O3/c1-15-4-3-13-25(14-15)19(26)10-12-23-20(27)18-5-2-11-24-21(18)28-17-8-6-16(22)7-9-17/h2,5-9,11,15H,3-4,10,12-14H2,1H3,(H,23,27). The molecule has 1 saturated heterocycles. The summed E-state index contributed by atoms with van der Waals surface area (Å²) in [6, 6.07) is 10.6. The first kappa shape index (κ1) is 20.3. The van der Waals surface area contributed by atoms with E-state index in [1.165, 1.54) is 6.42 Å². The van der Waals surface area contributed by atoms with Crippen LogP contribution in [0.5, 0.6) is 11.6 Å². The zero-order valence-corrected chi connectivity index (χ0v) is 17.4. The van der Waals surface area contributed by atoms with Crippen LogP contribution in [0.25, 0.3) is 0 Å². The van der Waals surface area contributed by atoms with Crippen LogP contribution in [0.2, 0.25) is 0 Å². The highest BCUT2D eigenvalue weighted by Crippen LogP contribution is 2.24. The van der Waals surface area contributed by atoms with Crippen LogP contribution in [0, 0.1) is 5.92 Å². The Kier molecular flexibility index (Phi) is 7.03. The Labute approximate surface area is 173 Å². The number of nitrogens with one attached hydrogen (secondary N) is 1. The van der Waals surface area contributed by atoms with Gasteiger partial charge in [0, 0.05) is 36.7 Å². The third-order valence-corrected chi connectivity index (χ3v) is 5.21. The molecule has 6 nitrogen and oxygen atoms in total. The van der Waals surface area contributed by atoms with Crippen LogP contribution in [0.3, 0.4) is 0 Å². The van der Waals surface area contributed by atoms with Crippen LogP contribution < -0.4 is 10.1 Å². The molecule has 1 aromatic heterocycles. The smallest absolute Gasteiger partial charge is 0.256 e. The fourth-order valence-corrected chi connectivity index (χ4v) is 3.48. The topological polar surface area (TPSA) is 71.5 Å². The van der Waals surface area contributed by atoms with Gasteiger partial charge in [-0.25, -0.2) is 4.98 Å². The van der Waals surface area contributed by atoms with Gasteiger partial charge < -0.3 is 15.0 Å². The summed E-state index contributed by atoms with van der Waals surface area (Å²) in [5.41, 5.74) is 0.337. The van der Waals surface area contributed by atoms with Crippen LogP contribution in [0.1, 0.15) is 36.5 Å². The van der Waals surface area contributed by atoms with E-state index in [-0.39, 0.29) is 24.2 Å². The van der Waals surface area contributed by atoms with Crippen molar-refractivity contribution in [1.82, 2.24) is 15.2 Å². The molecule has 2 heterocycles. The minimum absolute atomic E-state index is 0.0874. The number of piperidine rings is 1. The number of rotatable bonds is 6. The average Bonchev–Trinajstić information content (AvgIpc) is 2.70. The zero-order chi connectivity index (χ0) is 19.9. The third kappa shape index (κ3) is 5.55. The van der Waals surface area contributed by atoms with Crippen LogP contribution >= 0.6 is 15.9 Å². The molecule has 2 aromatic rings. The number of carbonyl (C=O) groups is 2. The average molecular weight is 446 g/mol. The van der Waals surface area contributed by atoms with E-state index in [1.807, 2.05) is 17.0 Å². The van der Waals surface area contributed by atoms with E-state index in [0.29, 0.717) is 23.7 Å². The van der Waals surface area contributed by atoms with Crippen molar-refractivity contribution in [3.63, 3.8) is 0 Å². The molecule has 1 fully saturated rings. The maximum absolute atomic E-state index is 12.6. The van der Waals surface area contributed by atoms with E-state index in [1.54, 1.807) is 30.5 Å². The Morgan fingerprint density at radius 3 is 2.82 bits per heavy atom. The number of amides is 2. The predicted molar refractivity (Wildman–Crippen MR) is 110 cm³/mol. The molecule has 148 valence electrons. The second-order valence-corrected chi connectivity index (χ2v) is 7.92. The lowest BCUT2D eigenvalue weighted by atomic mass is 10.00. The molecule has 1 N–H and O–H groups in total. The molecule has 0 spiro atoms. The maximum Gasteiger partial charge on any atom is 0.256 e. The molecular weight excluding hydrogens is 422 g/mol. The first-order valence-electron chi connectivity index (χ1n) is 9.47. The van der Waals surface area contributed by atoms with Crippen LogP contribution in [-0.2, 0) is 4.79 Å². The van der Waals surface area contributed by atoms with Crippen LogP contribution in [0.15, 0.2) is 47.1 Å². The zero-order valence-electron chi connectivity index (χ0n) is 15.9. The number of ether oxygens (including phenoxy) is 1. The van der Waals surface area contributed by atoms with Crippen molar-refractivity contribution >= 4 is 27.7 Å². The molecule has 0 radical (unpaired) electrons. The lowest BCUT2D eigenvalue weighted by Gasteiger charge is -2.31. The van der Waals surface area contributed by atoms with Crippen molar-refractivity contribution < 1.29 is 14.3 Å². The van der Waals surface area contributed by atoms with Crippen molar-refractivity contribution in [3.05, 3.63) is 52.6 Å². The summed E-state index contributed by atoms with van der Waals surface area (Å²) in [6.07, 6.45) is 4.09. The number of nitrogens with zero attached hydrogens (tertiary/aromatic N) is 2. The minimum Gasteiger partial charge on any atom is -0.438 e. The third-order valence-electron chi connectivity index (χ3n) is 4.68. The monoisotopic (exact) mass is 445 g/mol. The van der Waals surface area contributed by atoms with E-state index >= 15 is 0 Å². The van der Waals surface area contributed by atoms with Gasteiger partial charge in [-0.05, 0) is 55.2 Å². The summed E-state index contributed by atoms with van der Waals surface area (Å²) >= 11 is 3.37. The van der Waals surface area contributed by atoms with Crippen molar-refractivity contribution in [2.45, 2.75) is 26.2 Å². The molecule has 1 unspecified atom stereocenters. The largest absolute Gasteiger partial charge is 0.438 e. The van der Waals surface area contributed by atoms with Gasteiger partial charge in [0.1, 0.15) is 11.3 Å². The number of likely N-dealkylation sites (tertiary alicyclic amines) is 1. The second kappa shape index (κ2) is 9.68. The Bertz CT molecular complexity index is 826. The molecule has 0 saturated carbocycles. The summed E-state index contributed by atoms with van der Waals surface area (Å²) in [6.45, 7) is 4.07. The van der Waals surface area contributed by atoms with Crippen molar-refractivity contribution in [2.24, 2.45) is 5.92 Å². The van der Waals surface area contributed by atoms with E-state index < -0.39 is 0 Å². The first-order valence-corrected chi connectivity index (χ1v) is 10.3. The molecule has 1 atom stereocenters. The molecule has 0 aliphatic carbocycles. The van der Waals surface area contributed by atoms with Gasteiger partial charge in [0.15, 0.2) is 0 Å². The molecule has 3 rings (SSSR count). The van der Waals surface area contributed by atoms with Gasteiger partial charge in [-0.2, -0.15) is 0 Å². The van der Waals surface area contributed by atoms with E-state index in [9.17, 15) is 9.59 Å². The Morgan fingerprint density at radius 1 is 1.29 bits per heavy atom. The molecule has 1 aromatic carbocycles. The minimum atomic E-state index is -0.306. The summed E-state index contributed by atoms with van der Waals surface area (Å²) in [5, 5.41) is 2.80. The van der Waals surface area contributed by atoms with Gasteiger partial charge in [-0.3, -0.25) is 9.59 Å². The number of aromatic nitrogens is 1.